The predicted octanol–water partition coefficient (Wildman–Crippen LogP) is 7.27. The van der Waals surface area contributed by atoms with Crippen molar-refractivity contribution in [1.82, 2.24) is 0 Å². The number of benzene rings is 3. The summed E-state index contributed by atoms with van der Waals surface area (Å²) in [6.07, 6.45) is 1.54. The van der Waals surface area contributed by atoms with Gasteiger partial charge in [-0.3, -0.25) is 0 Å². The summed E-state index contributed by atoms with van der Waals surface area (Å²) in [5.74, 6) is -0.299. The average molecular weight is 488 g/mol. The Balaban J connectivity index is 2.11. The second-order valence-corrected chi connectivity index (χ2v) is 10.2. The number of ether oxygens (including phenoxy) is 1. The molecule has 4 heteroatoms. The Bertz CT molecular complexity index is 1160. The number of esters is 1. The molecular formula is C32H41NO3. The maximum atomic E-state index is 12.1. The molecule has 3 rings (SSSR count). The molecule has 1 N–H and O–H groups in total. The summed E-state index contributed by atoms with van der Waals surface area (Å²) in [4.78, 5) is 14.5. The lowest BCUT2D eigenvalue weighted by Crippen LogP contribution is -2.26. The lowest BCUT2D eigenvalue weighted by molar-refractivity contribution is 0.0526. The molecule has 0 bridgehead atoms. The number of aryl methyl sites for hydroxylation is 1. The van der Waals surface area contributed by atoms with E-state index >= 15 is 0 Å². The molecule has 0 spiro atoms. The van der Waals surface area contributed by atoms with E-state index in [9.17, 15) is 9.90 Å². The standard InChI is InChI=1S/C32H41NO3/c1-7-33(8-2)30-19-18-27(22-29(30)32(4,5)6)28-21-26(17-14-24(28)11-10-20-34)23-12-15-25(16-13-23)31(35)36-9-3/h12-19,21-22,34H,7-11,20H2,1-6H3. The van der Waals surface area contributed by atoms with E-state index in [0.29, 0.717) is 12.2 Å². The zero-order valence-corrected chi connectivity index (χ0v) is 22.7. The van der Waals surface area contributed by atoms with Crippen molar-refractivity contribution < 1.29 is 14.6 Å². The van der Waals surface area contributed by atoms with E-state index < -0.39 is 0 Å². The van der Waals surface area contributed by atoms with Gasteiger partial charge in [-0.15, -0.1) is 0 Å². The quantitative estimate of drug-likeness (QED) is 0.306. The molecule has 192 valence electrons. The van der Waals surface area contributed by atoms with Crippen LogP contribution in [0.15, 0.2) is 60.7 Å². The van der Waals surface area contributed by atoms with Crippen molar-refractivity contribution in [3.8, 4) is 22.3 Å². The molecule has 0 aliphatic rings. The highest BCUT2D eigenvalue weighted by atomic mass is 16.5. The zero-order chi connectivity index (χ0) is 26.3. The molecule has 3 aromatic carbocycles. The molecule has 0 saturated heterocycles. The van der Waals surface area contributed by atoms with E-state index in [4.69, 9.17) is 4.74 Å². The van der Waals surface area contributed by atoms with Gasteiger partial charge in [-0.05, 0) is 103 Å². The molecule has 0 heterocycles. The van der Waals surface area contributed by atoms with Crippen LogP contribution in [0.5, 0.6) is 0 Å². The molecule has 0 aliphatic heterocycles. The van der Waals surface area contributed by atoms with Crippen LogP contribution in [0.4, 0.5) is 5.69 Å². The van der Waals surface area contributed by atoms with Gasteiger partial charge in [0.2, 0.25) is 0 Å². The van der Waals surface area contributed by atoms with Gasteiger partial charge < -0.3 is 14.7 Å². The van der Waals surface area contributed by atoms with Crippen LogP contribution in [0.2, 0.25) is 0 Å². The highest BCUT2D eigenvalue weighted by molar-refractivity contribution is 5.90. The Morgan fingerprint density at radius 1 is 0.861 bits per heavy atom. The first-order chi connectivity index (χ1) is 17.2. The predicted molar refractivity (Wildman–Crippen MR) is 151 cm³/mol. The van der Waals surface area contributed by atoms with E-state index in [2.05, 4.69) is 75.9 Å². The number of aliphatic hydroxyl groups is 1. The molecule has 0 aliphatic carbocycles. The smallest absolute Gasteiger partial charge is 0.338 e. The first-order valence-electron chi connectivity index (χ1n) is 13.1. The van der Waals surface area contributed by atoms with Crippen molar-refractivity contribution in [3.63, 3.8) is 0 Å². The third kappa shape index (κ3) is 6.36. The minimum absolute atomic E-state index is 0.000264. The molecule has 0 atom stereocenters. The second-order valence-electron chi connectivity index (χ2n) is 10.2. The molecule has 36 heavy (non-hydrogen) atoms. The number of carbonyl (C=O) groups excluding carboxylic acids is 1. The van der Waals surface area contributed by atoms with Gasteiger partial charge in [0.1, 0.15) is 0 Å². The largest absolute Gasteiger partial charge is 0.462 e. The topological polar surface area (TPSA) is 49.8 Å². The summed E-state index contributed by atoms with van der Waals surface area (Å²) >= 11 is 0. The van der Waals surface area contributed by atoms with E-state index in [1.54, 1.807) is 0 Å². The fourth-order valence-corrected chi connectivity index (χ4v) is 4.67. The highest BCUT2D eigenvalue weighted by Crippen LogP contribution is 2.38. The number of nitrogens with zero attached hydrogens (tertiary/aromatic N) is 1. The first kappa shape index (κ1) is 27.5. The highest BCUT2D eigenvalue weighted by Gasteiger charge is 2.22. The molecule has 0 aromatic heterocycles. The Morgan fingerprint density at radius 3 is 2.08 bits per heavy atom. The molecule has 3 aromatic rings. The number of aliphatic hydroxyl groups excluding tert-OH is 1. The van der Waals surface area contributed by atoms with Crippen LogP contribution in [0, 0.1) is 0 Å². The van der Waals surface area contributed by atoms with Crippen LogP contribution in [0.25, 0.3) is 22.3 Å². The molecule has 4 nitrogen and oxygen atoms in total. The number of hydrogen-bond donors (Lipinski definition) is 1. The van der Waals surface area contributed by atoms with E-state index in [0.717, 1.165) is 37.1 Å². The van der Waals surface area contributed by atoms with Crippen LogP contribution in [-0.4, -0.2) is 37.4 Å². The monoisotopic (exact) mass is 487 g/mol. The summed E-state index contributed by atoms with van der Waals surface area (Å²) < 4.78 is 5.12. The SMILES string of the molecule is CCOC(=O)c1ccc(-c2ccc(CCCO)c(-c3ccc(N(CC)CC)c(C(C)(C)C)c3)c2)cc1. The van der Waals surface area contributed by atoms with Crippen molar-refractivity contribution in [2.75, 3.05) is 31.2 Å². The van der Waals surface area contributed by atoms with Crippen LogP contribution in [-0.2, 0) is 16.6 Å². The Morgan fingerprint density at radius 2 is 1.50 bits per heavy atom. The minimum atomic E-state index is -0.299. The van der Waals surface area contributed by atoms with Gasteiger partial charge in [0, 0.05) is 25.4 Å². The zero-order valence-electron chi connectivity index (χ0n) is 22.7. The Labute approximate surface area is 216 Å². The van der Waals surface area contributed by atoms with Crippen molar-refractivity contribution in [2.24, 2.45) is 0 Å². The molecule has 0 unspecified atom stereocenters. The molecule has 0 fully saturated rings. The van der Waals surface area contributed by atoms with Gasteiger partial charge in [-0.1, -0.05) is 51.1 Å². The number of hydrogen-bond acceptors (Lipinski definition) is 4. The van der Waals surface area contributed by atoms with E-state index in [1.807, 2.05) is 31.2 Å². The van der Waals surface area contributed by atoms with E-state index in [1.165, 1.54) is 27.9 Å². The summed E-state index contributed by atoms with van der Waals surface area (Å²) in [6.45, 7) is 15.5. The maximum absolute atomic E-state index is 12.1. The molecule has 0 saturated carbocycles. The summed E-state index contributed by atoms with van der Waals surface area (Å²) in [5, 5.41) is 9.49. The molecule has 0 radical (unpaired) electrons. The van der Waals surface area contributed by atoms with Gasteiger partial charge in [0.05, 0.1) is 12.2 Å². The summed E-state index contributed by atoms with van der Waals surface area (Å²) in [6, 6.07) is 21.0. The summed E-state index contributed by atoms with van der Waals surface area (Å²) in [7, 11) is 0. The van der Waals surface area contributed by atoms with Crippen LogP contribution in [0.3, 0.4) is 0 Å². The van der Waals surface area contributed by atoms with E-state index in [-0.39, 0.29) is 18.0 Å². The number of rotatable bonds is 10. The van der Waals surface area contributed by atoms with Gasteiger partial charge in [0.25, 0.3) is 0 Å². The number of carbonyl (C=O) groups is 1. The van der Waals surface area contributed by atoms with Crippen LogP contribution in [0.1, 0.15) is 69.4 Å². The van der Waals surface area contributed by atoms with Gasteiger partial charge >= 0.3 is 5.97 Å². The third-order valence-electron chi connectivity index (χ3n) is 6.66. The normalized spacial score (nSPS) is 11.4. The molecular weight excluding hydrogens is 446 g/mol. The number of anilines is 1. The van der Waals surface area contributed by atoms with Crippen LogP contribution < -0.4 is 4.90 Å². The second kappa shape index (κ2) is 12.2. The lowest BCUT2D eigenvalue weighted by Gasteiger charge is -2.31. The van der Waals surface area contributed by atoms with Gasteiger partial charge in [-0.2, -0.15) is 0 Å². The average Bonchev–Trinajstić information content (AvgIpc) is 2.88. The Kier molecular flexibility index (Phi) is 9.33. The maximum Gasteiger partial charge on any atom is 0.338 e. The summed E-state index contributed by atoms with van der Waals surface area (Å²) in [5.41, 5.74) is 8.93. The fraction of sp³-hybridized carbons (Fsp3) is 0.406. The van der Waals surface area contributed by atoms with Gasteiger partial charge in [0.15, 0.2) is 0 Å². The lowest BCUT2D eigenvalue weighted by atomic mass is 9.82. The van der Waals surface area contributed by atoms with Crippen molar-refractivity contribution in [3.05, 3.63) is 77.4 Å². The molecule has 0 amide bonds. The minimum Gasteiger partial charge on any atom is -0.462 e. The third-order valence-corrected chi connectivity index (χ3v) is 6.66. The van der Waals surface area contributed by atoms with Crippen molar-refractivity contribution >= 4 is 11.7 Å². The fourth-order valence-electron chi connectivity index (χ4n) is 4.67. The van der Waals surface area contributed by atoms with Gasteiger partial charge in [-0.25, -0.2) is 4.79 Å². The Hall–Kier alpha value is -3.11. The first-order valence-corrected chi connectivity index (χ1v) is 13.1. The van der Waals surface area contributed by atoms with Crippen LogP contribution >= 0.6 is 0 Å². The van der Waals surface area contributed by atoms with Crippen molar-refractivity contribution in [1.29, 1.82) is 0 Å². The van der Waals surface area contributed by atoms with Crippen molar-refractivity contribution in [2.45, 2.75) is 59.8 Å².